The van der Waals surface area contributed by atoms with Crippen molar-refractivity contribution >= 4 is 16.1 Å². The van der Waals surface area contributed by atoms with Crippen molar-refractivity contribution in [3.8, 4) is 0 Å². The van der Waals surface area contributed by atoms with Crippen LogP contribution in [0.15, 0.2) is 6.07 Å². The van der Waals surface area contributed by atoms with E-state index in [1.807, 2.05) is 19.9 Å². The second-order valence-electron chi connectivity index (χ2n) is 6.61. The van der Waals surface area contributed by atoms with Gasteiger partial charge in [0, 0.05) is 45.8 Å². The molecule has 10 heteroatoms. The number of aliphatic hydroxyl groups is 1. The van der Waals surface area contributed by atoms with Gasteiger partial charge < -0.3 is 10.0 Å². The molecule has 0 unspecified atom stereocenters. The third-order valence-electron chi connectivity index (χ3n) is 4.36. The first-order valence-corrected chi connectivity index (χ1v) is 9.71. The number of β-amino-alcohol motifs (C(OH)–C–C–N with tert-alkyl or cyclic N) is 1. The van der Waals surface area contributed by atoms with Crippen LogP contribution in [0.3, 0.4) is 0 Å². The van der Waals surface area contributed by atoms with Crippen LogP contribution in [0.5, 0.6) is 0 Å². The van der Waals surface area contributed by atoms with Gasteiger partial charge in [-0.2, -0.15) is 22.5 Å². The number of carbonyl (C=O) groups excluding carboxylic acids is 1. The first-order valence-electron chi connectivity index (χ1n) is 8.27. The molecule has 0 radical (unpaired) electrons. The highest BCUT2D eigenvalue weighted by Crippen LogP contribution is 2.14. The van der Waals surface area contributed by atoms with E-state index in [1.54, 1.807) is 9.58 Å². The Morgan fingerprint density at radius 2 is 2.12 bits per heavy atom. The number of nitrogens with one attached hydrogen (secondary N) is 1. The van der Waals surface area contributed by atoms with E-state index in [9.17, 15) is 18.3 Å². The number of likely N-dealkylation sites (tertiary alicyclic amines) is 1. The smallest absolute Gasteiger partial charge is 0.279 e. The van der Waals surface area contributed by atoms with Crippen molar-refractivity contribution in [3.05, 3.63) is 17.5 Å². The summed E-state index contributed by atoms with van der Waals surface area (Å²) in [6.45, 7) is 4.86. The number of amides is 1. The number of aromatic nitrogens is 2. The minimum atomic E-state index is -3.61. The Morgan fingerprint density at radius 1 is 1.44 bits per heavy atom. The van der Waals surface area contributed by atoms with Gasteiger partial charge in [0.05, 0.1) is 17.8 Å². The summed E-state index contributed by atoms with van der Waals surface area (Å²) in [7, 11) is -0.763. The molecule has 9 nitrogen and oxygen atoms in total. The Hall–Kier alpha value is -1.49. The highest BCUT2D eigenvalue weighted by atomic mass is 32.2. The molecule has 2 atom stereocenters. The number of piperidine rings is 1. The summed E-state index contributed by atoms with van der Waals surface area (Å²) in [5.74, 6) is -0.0690. The van der Waals surface area contributed by atoms with Gasteiger partial charge in [-0.25, -0.2) is 0 Å². The van der Waals surface area contributed by atoms with E-state index in [-0.39, 0.29) is 12.5 Å². The maximum atomic E-state index is 12.4. The number of hydrogen-bond donors (Lipinski definition) is 2. The van der Waals surface area contributed by atoms with Gasteiger partial charge >= 0.3 is 0 Å². The number of aryl methyl sites for hydroxylation is 3. The molecule has 25 heavy (non-hydrogen) atoms. The Morgan fingerprint density at radius 3 is 2.64 bits per heavy atom. The molecule has 142 valence electrons. The molecule has 1 aromatic rings. The van der Waals surface area contributed by atoms with Crippen molar-refractivity contribution < 1.29 is 18.3 Å². The number of aliphatic hydroxyl groups excluding tert-OH is 1. The van der Waals surface area contributed by atoms with Gasteiger partial charge in [0.2, 0.25) is 5.91 Å². The lowest BCUT2D eigenvalue weighted by atomic mass is 10.0. The first-order chi connectivity index (χ1) is 11.6. The fourth-order valence-corrected chi connectivity index (χ4v) is 3.72. The van der Waals surface area contributed by atoms with E-state index in [0.717, 1.165) is 15.7 Å². The number of rotatable bonds is 6. The molecule has 2 N–H and O–H groups in total. The summed E-state index contributed by atoms with van der Waals surface area (Å²) in [4.78, 5) is 13.9. The van der Waals surface area contributed by atoms with Crippen LogP contribution < -0.4 is 4.72 Å². The van der Waals surface area contributed by atoms with Crippen molar-refractivity contribution in [2.45, 2.75) is 45.4 Å². The predicted molar refractivity (Wildman–Crippen MR) is 93.1 cm³/mol. The molecule has 0 saturated carbocycles. The SMILES string of the molecule is Cc1cc(C)n(CCC(=O)N2CC[C@@H](NS(=O)(=O)N(C)C)[C@H](O)C2)n1. The Kier molecular flexibility index (Phi) is 6.20. The average Bonchev–Trinajstić information content (AvgIpc) is 2.84. The normalized spacial score (nSPS) is 21.8. The fraction of sp³-hybridized carbons (Fsp3) is 0.733. The molecule has 0 bridgehead atoms. The van der Waals surface area contributed by atoms with E-state index in [0.29, 0.717) is 25.9 Å². The average molecular weight is 373 g/mol. The van der Waals surface area contributed by atoms with Gasteiger partial charge in [0.15, 0.2) is 0 Å². The Labute approximate surface area is 148 Å². The van der Waals surface area contributed by atoms with Gasteiger partial charge in [-0.05, 0) is 26.3 Å². The lowest BCUT2D eigenvalue weighted by Gasteiger charge is -2.36. The largest absolute Gasteiger partial charge is 0.390 e. The fourth-order valence-electron chi connectivity index (χ4n) is 2.85. The van der Waals surface area contributed by atoms with Crippen LogP contribution in [-0.4, -0.2) is 77.7 Å². The van der Waals surface area contributed by atoms with Crippen LogP contribution >= 0.6 is 0 Å². The maximum Gasteiger partial charge on any atom is 0.279 e. The molecule has 1 saturated heterocycles. The summed E-state index contributed by atoms with van der Waals surface area (Å²) >= 11 is 0. The lowest BCUT2D eigenvalue weighted by Crippen LogP contribution is -2.56. The van der Waals surface area contributed by atoms with Crippen molar-refractivity contribution in [2.24, 2.45) is 0 Å². The van der Waals surface area contributed by atoms with Gasteiger partial charge in [0.25, 0.3) is 10.2 Å². The minimum Gasteiger partial charge on any atom is -0.390 e. The van der Waals surface area contributed by atoms with E-state index in [2.05, 4.69) is 9.82 Å². The zero-order valence-electron chi connectivity index (χ0n) is 15.1. The van der Waals surface area contributed by atoms with Crippen LogP contribution in [0.2, 0.25) is 0 Å². The minimum absolute atomic E-state index is 0.0690. The van der Waals surface area contributed by atoms with Crippen LogP contribution in [0, 0.1) is 13.8 Å². The highest BCUT2D eigenvalue weighted by Gasteiger charge is 2.33. The molecule has 1 aromatic heterocycles. The first kappa shape index (κ1) is 19.8. The van der Waals surface area contributed by atoms with Gasteiger partial charge in [-0.3, -0.25) is 9.48 Å². The summed E-state index contributed by atoms with van der Waals surface area (Å²) in [5, 5.41) is 14.5. The molecule has 0 aromatic carbocycles. The van der Waals surface area contributed by atoms with E-state index >= 15 is 0 Å². The Bertz CT molecular complexity index is 716. The van der Waals surface area contributed by atoms with Gasteiger partial charge in [-0.15, -0.1) is 0 Å². The summed E-state index contributed by atoms with van der Waals surface area (Å²) in [6, 6.07) is 1.36. The predicted octanol–water partition coefficient (Wildman–Crippen LogP) is -0.752. The van der Waals surface area contributed by atoms with Crippen molar-refractivity contribution in [1.82, 2.24) is 23.7 Å². The monoisotopic (exact) mass is 373 g/mol. The molecule has 0 aliphatic carbocycles. The maximum absolute atomic E-state index is 12.4. The molecule has 2 heterocycles. The number of hydrogen-bond acceptors (Lipinski definition) is 5. The zero-order chi connectivity index (χ0) is 18.8. The molecule has 1 fully saturated rings. The van der Waals surface area contributed by atoms with Crippen LogP contribution in [0.4, 0.5) is 0 Å². The molecule has 2 rings (SSSR count). The van der Waals surface area contributed by atoms with Gasteiger partial charge in [0.1, 0.15) is 0 Å². The number of carbonyl (C=O) groups is 1. The van der Waals surface area contributed by atoms with E-state index in [4.69, 9.17) is 0 Å². The molecule has 1 aliphatic heterocycles. The summed E-state index contributed by atoms with van der Waals surface area (Å²) in [5.41, 5.74) is 1.91. The van der Waals surface area contributed by atoms with Crippen LogP contribution in [0.1, 0.15) is 24.2 Å². The van der Waals surface area contributed by atoms with E-state index < -0.39 is 22.4 Å². The molecule has 1 amide bonds. The molecule has 1 aliphatic rings. The van der Waals surface area contributed by atoms with Gasteiger partial charge in [-0.1, -0.05) is 0 Å². The zero-order valence-corrected chi connectivity index (χ0v) is 16.0. The third kappa shape index (κ3) is 5.00. The van der Waals surface area contributed by atoms with Crippen LogP contribution in [-0.2, 0) is 21.5 Å². The van der Waals surface area contributed by atoms with Crippen molar-refractivity contribution in [1.29, 1.82) is 0 Å². The second-order valence-corrected chi connectivity index (χ2v) is 8.52. The topological polar surface area (TPSA) is 108 Å². The molecular formula is C15H27N5O4S. The van der Waals surface area contributed by atoms with Crippen LogP contribution in [0.25, 0.3) is 0 Å². The second kappa shape index (κ2) is 7.81. The number of nitrogens with zero attached hydrogens (tertiary/aromatic N) is 4. The molecular weight excluding hydrogens is 346 g/mol. The quantitative estimate of drug-likeness (QED) is 0.682. The standard InChI is InChI=1S/C15H27N5O4S/c1-11-9-12(2)20(16-11)8-6-15(22)19-7-5-13(14(21)10-19)17-25(23,24)18(3)4/h9,13-14,17,21H,5-8,10H2,1-4H3/t13-,14-/m1/s1. The molecule has 0 spiro atoms. The third-order valence-corrected chi connectivity index (χ3v) is 5.92. The van der Waals surface area contributed by atoms with Crippen molar-refractivity contribution in [2.75, 3.05) is 27.2 Å². The lowest BCUT2D eigenvalue weighted by molar-refractivity contribution is -0.135. The summed E-state index contributed by atoms with van der Waals surface area (Å²) < 4.78 is 29.1. The highest BCUT2D eigenvalue weighted by molar-refractivity contribution is 7.87. The van der Waals surface area contributed by atoms with E-state index in [1.165, 1.54) is 14.1 Å². The summed E-state index contributed by atoms with van der Waals surface area (Å²) in [6.07, 6.45) is -0.260. The Balaban J connectivity index is 1.87. The van der Waals surface area contributed by atoms with Crippen molar-refractivity contribution in [3.63, 3.8) is 0 Å².